The summed E-state index contributed by atoms with van der Waals surface area (Å²) in [5.41, 5.74) is 5.11. The minimum absolute atomic E-state index is 0.185. The van der Waals surface area contributed by atoms with Crippen molar-refractivity contribution < 1.29 is 4.74 Å². The minimum atomic E-state index is 0.185. The van der Waals surface area contributed by atoms with Crippen molar-refractivity contribution in [3.8, 4) is 0 Å². The molecular weight excluding hydrogens is 252 g/mol. The highest BCUT2D eigenvalue weighted by Crippen LogP contribution is 2.19. The van der Waals surface area contributed by atoms with Crippen LogP contribution in [-0.4, -0.2) is 29.0 Å². The first-order valence-electron chi connectivity index (χ1n) is 7.20. The zero-order valence-electron chi connectivity index (χ0n) is 12.3. The molecule has 0 spiro atoms. The van der Waals surface area contributed by atoms with E-state index in [1.54, 1.807) is 0 Å². The number of rotatable bonds is 8. The smallest absolute Gasteiger partial charge is 0.0719 e. The van der Waals surface area contributed by atoms with Gasteiger partial charge in [-0.1, -0.05) is 25.1 Å². The highest BCUT2D eigenvalue weighted by Gasteiger charge is 2.13. The van der Waals surface area contributed by atoms with Gasteiger partial charge >= 0.3 is 0 Å². The van der Waals surface area contributed by atoms with Crippen LogP contribution in [0.1, 0.15) is 25.5 Å². The Morgan fingerprint density at radius 3 is 2.90 bits per heavy atom. The van der Waals surface area contributed by atoms with Crippen LogP contribution in [0, 0.1) is 0 Å². The van der Waals surface area contributed by atoms with Crippen molar-refractivity contribution in [1.82, 2.24) is 15.2 Å². The Morgan fingerprint density at radius 2 is 2.15 bits per heavy atom. The highest BCUT2D eigenvalue weighted by molar-refractivity contribution is 5.81. The van der Waals surface area contributed by atoms with Gasteiger partial charge in [-0.2, -0.15) is 5.10 Å². The first kappa shape index (κ1) is 15.0. The van der Waals surface area contributed by atoms with Crippen LogP contribution in [0.25, 0.3) is 10.9 Å². The molecule has 2 rings (SSSR count). The number of aromatic nitrogens is 2. The number of hydrogen-bond donors (Lipinski definition) is 2. The van der Waals surface area contributed by atoms with Crippen LogP contribution in [0.2, 0.25) is 0 Å². The van der Waals surface area contributed by atoms with Crippen molar-refractivity contribution in [2.75, 3.05) is 13.2 Å². The van der Waals surface area contributed by atoms with Crippen molar-refractivity contribution >= 4 is 10.9 Å². The Hall–Kier alpha value is -1.43. The summed E-state index contributed by atoms with van der Waals surface area (Å²) in [7, 11) is 1.97. The molecule has 110 valence electrons. The second-order valence-electron chi connectivity index (χ2n) is 5.06. The Labute approximate surface area is 120 Å². The number of hydrazine groups is 1. The highest BCUT2D eigenvalue weighted by atomic mass is 16.5. The molecule has 0 aliphatic carbocycles. The van der Waals surface area contributed by atoms with Crippen molar-refractivity contribution in [3.05, 3.63) is 30.0 Å². The predicted octanol–water partition coefficient (Wildman–Crippen LogP) is 1.76. The first-order valence-corrected chi connectivity index (χ1v) is 7.20. The standard InChI is InChI=1S/C15H24N4O/c1-3-9-20-10-8-12(17-16)11-14-13-6-4-5-7-15(13)19(2)18-14/h4-7,12,17H,3,8-11,16H2,1-2H3. The Bertz CT molecular complexity index is 538. The van der Waals surface area contributed by atoms with E-state index in [1.807, 2.05) is 23.9 Å². The van der Waals surface area contributed by atoms with Gasteiger partial charge in [-0.3, -0.25) is 16.0 Å². The van der Waals surface area contributed by atoms with Crippen molar-refractivity contribution in [1.29, 1.82) is 0 Å². The Morgan fingerprint density at radius 1 is 1.35 bits per heavy atom. The second-order valence-corrected chi connectivity index (χ2v) is 5.06. The van der Waals surface area contributed by atoms with Gasteiger partial charge in [0.2, 0.25) is 0 Å². The lowest BCUT2D eigenvalue weighted by Crippen LogP contribution is -2.37. The summed E-state index contributed by atoms with van der Waals surface area (Å²) in [4.78, 5) is 0. The lowest BCUT2D eigenvalue weighted by molar-refractivity contribution is 0.124. The number of nitrogens with two attached hydrogens (primary N) is 1. The fourth-order valence-corrected chi connectivity index (χ4v) is 2.39. The van der Waals surface area contributed by atoms with Crippen LogP contribution in [0.5, 0.6) is 0 Å². The third kappa shape index (κ3) is 3.56. The molecule has 1 atom stereocenters. The van der Waals surface area contributed by atoms with Gasteiger partial charge in [-0.25, -0.2) is 0 Å². The van der Waals surface area contributed by atoms with Gasteiger partial charge in [0.1, 0.15) is 0 Å². The van der Waals surface area contributed by atoms with Crippen LogP contribution in [0.15, 0.2) is 24.3 Å². The lowest BCUT2D eigenvalue weighted by Gasteiger charge is -2.14. The third-order valence-electron chi connectivity index (χ3n) is 3.47. The number of aryl methyl sites for hydroxylation is 1. The molecular formula is C15H24N4O. The quantitative estimate of drug-likeness (QED) is 0.438. The molecule has 0 saturated heterocycles. The monoisotopic (exact) mass is 276 g/mol. The van der Waals surface area contributed by atoms with E-state index in [1.165, 1.54) is 5.39 Å². The summed E-state index contributed by atoms with van der Waals surface area (Å²) >= 11 is 0. The summed E-state index contributed by atoms with van der Waals surface area (Å²) < 4.78 is 7.45. The molecule has 0 saturated carbocycles. The maximum atomic E-state index is 5.65. The SMILES string of the molecule is CCCOCCC(Cc1nn(C)c2ccccc12)NN. The Kier molecular flexibility index (Phi) is 5.52. The summed E-state index contributed by atoms with van der Waals surface area (Å²) in [5, 5.41) is 5.80. The van der Waals surface area contributed by atoms with Crippen molar-refractivity contribution in [2.24, 2.45) is 12.9 Å². The number of nitrogens with zero attached hydrogens (tertiary/aromatic N) is 2. The summed E-state index contributed by atoms with van der Waals surface area (Å²) in [6.07, 6.45) is 2.75. The number of nitrogens with one attached hydrogen (secondary N) is 1. The molecule has 0 radical (unpaired) electrons. The number of para-hydroxylation sites is 1. The van der Waals surface area contributed by atoms with E-state index in [0.29, 0.717) is 0 Å². The van der Waals surface area contributed by atoms with E-state index in [-0.39, 0.29) is 6.04 Å². The van der Waals surface area contributed by atoms with E-state index < -0.39 is 0 Å². The largest absolute Gasteiger partial charge is 0.381 e. The van der Waals surface area contributed by atoms with Gasteiger partial charge in [-0.15, -0.1) is 0 Å². The van der Waals surface area contributed by atoms with E-state index in [2.05, 4.69) is 29.6 Å². The lowest BCUT2D eigenvalue weighted by atomic mass is 10.1. The maximum Gasteiger partial charge on any atom is 0.0719 e. The van der Waals surface area contributed by atoms with Gasteiger partial charge in [0.15, 0.2) is 0 Å². The van der Waals surface area contributed by atoms with E-state index in [0.717, 1.165) is 43.7 Å². The molecule has 1 aromatic carbocycles. The Balaban J connectivity index is 2.02. The molecule has 1 heterocycles. The number of hydrogen-bond acceptors (Lipinski definition) is 4. The number of fused-ring (bicyclic) bond motifs is 1. The fraction of sp³-hybridized carbons (Fsp3) is 0.533. The molecule has 0 aliphatic rings. The van der Waals surface area contributed by atoms with Crippen LogP contribution >= 0.6 is 0 Å². The van der Waals surface area contributed by atoms with Crippen LogP contribution in [-0.2, 0) is 18.2 Å². The molecule has 0 bridgehead atoms. The summed E-state index contributed by atoms with van der Waals surface area (Å²) in [6, 6.07) is 8.46. The average molecular weight is 276 g/mol. The maximum absolute atomic E-state index is 5.65. The van der Waals surface area contributed by atoms with Gasteiger partial charge in [0.05, 0.1) is 11.2 Å². The molecule has 3 N–H and O–H groups in total. The zero-order valence-corrected chi connectivity index (χ0v) is 12.3. The van der Waals surface area contributed by atoms with Crippen LogP contribution in [0.4, 0.5) is 0 Å². The van der Waals surface area contributed by atoms with Gasteiger partial charge in [0.25, 0.3) is 0 Å². The molecule has 1 aromatic heterocycles. The molecule has 0 fully saturated rings. The summed E-state index contributed by atoms with van der Waals surface area (Å²) in [5.74, 6) is 5.65. The molecule has 0 amide bonds. The van der Waals surface area contributed by atoms with Gasteiger partial charge < -0.3 is 4.74 Å². The van der Waals surface area contributed by atoms with E-state index in [9.17, 15) is 0 Å². The van der Waals surface area contributed by atoms with Gasteiger partial charge in [-0.05, 0) is 18.9 Å². The molecule has 1 unspecified atom stereocenters. The summed E-state index contributed by atoms with van der Waals surface area (Å²) in [6.45, 7) is 3.65. The average Bonchev–Trinajstić information content (AvgIpc) is 2.79. The minimum Gasteiger partial charge on any atom is -0.381 e. The van der Waals surface area contributed by atoms with Crippen LogP contribution < -0.4 is 11.3 Å². The van der Waals surface area contributed by atoms with Crippen LogP contribution in [0.3, 0.4) is 0 Å². The molecule has 2 aromatic rings. The zero-order chi connectivity index (χ0) is 14.4. The molecule has 0 aliphatic heterocycles. The van der Waals surface area contributed by atoms with Gasteiger partial charge in [0, 0.05) is 38.1 Å². The number of ether oxygens (including phenoxy) is 1. The predicted molar refractivity (Wildman–Crippen MR) is 81.3 cm³/mol. The normalized spacial score (nSPS) is 12.9. The van der Waals surface area contributed by atoms with E-state index >= 15 is 0 Å². The second kappa shape index (κ2) is 7.38. The molecule has 5 heteroatoms. The third-order valence-corrected chi connectivity index (χ3v) is 3.47. The first-order chi connectivity index (χ1) is 9.76. The van der Waals surface area contributed by atoms with Crippen molar-refractivity contribution in [2.45, 2.75) is 32.2 Å². The topological polar surface area (TPSA) is 65.1 Å². The molecule has 5 nitrogen and oxygen atoms in total. The number of benzene rings is 1. The molecule has 20 heavy (non-hydrogen) atoms. The fourth-order valence-electron chi connectivity index (χ4n) is 2.39. The van der Waals surface area contributed by atoms with E-state index in [4.69, 9.17) is 10.6 Å². The van der Waals surface area contributed by atoms with Crippen molar-refractivity contribution in [3.63, 3.8) is 0 Å².